The average Bonchev–Trinajstić information content (AvgIpc) is 3.05. The van der Waals surface area contributed by atoms with Gasteiger partial charge in [-0.25, -0.2) is 4.98 Å². The summed E-state index contributed by atoms with van der Waals surface area (Å²) in [6.07, 6.45) is 0.641. The van der Waals surface area contributed by atoms with Crippen molar-refractivity contribution in [1.29, 1.82) is 0 Å². The van der Waals surface area contributed by atoms with E-state index in [2.05, 4.69) is 10.3 Å². The number of aryl methyl sites for hydroxylation is 1. The minimum atomic E-state index is -0.279. The van der Waals surface area contributed by atoms with Crippen LogP contribution in [-0.4, -0.2) is 55.6 Å². The third kappa shape index (κ3) is 5.82. The number of hydrogen-bond donors (Lipinski definition) is 1. The molecule has 26 heavy (non-hydrogen) atoms. The molecule has 0 fully saturated rings. The van der Waals surface area contributed by atoms with Crippen molar-refractivity contribution in [1.82, 2.24) is 9.88 Å². The highest BCUT2D eigenvalue weighted by molar-refractivity contribution is 7.13. The van der Waals surface area contributed by atoms with Crippen molar-refractivity contribution >= 4 is 28.3 Å². The van der Waals surface area contributed by atoms with Crippen molar-refractivity contribution in [2.75, 3.05) is 39.2 Å². The summed E-state index contributed by atoms with van der Waals surface area (Å²) in [6.45, 7) is 2.74. The smallest absolute Gasteiger partial charge is 0.254 e. The van der Waals surface area contributed by atoms with E-state index in [4.69, 9.17) is 9.47 Å². The van der Waals surface area contributed by atoms with Gasteiger partial charge in [0, 0.05) is 31.2 Å². The molecule has 1 heterocycles. The van der Waals surface area contributed by atoms with Crippen molar-refractivity contribution in [3.63, 3.8) is 0 Å². The lowest BCUT2D eigenvalue weighted by molar-refractivity contribution is -0.116. The van der Waals surface area contributed by atoms with Crippen LogP contribution in [0.25, 0.3) is 0 Å². The van der Waals surface area contributed by atoms with E-state index in [1.165, 1.54) is 16.2 Å². The van der Waals surface area contributed by atoms with E-state index in [-0.39, 0.29) is 18.4 Å². The number of carbonyl (C=O) groups is 2. The molecule has 1 aromatic carbocycles. The Balaban J connectivity index is 2.05. The molecule has 2 aromatic rings. The Bertz CT molecular complexity index is 730. The molecule has 0 aliphatic heterocycles. The Morgan fingerprint density at radius 1 is 1.23 bits per heavy atom. The Morgan fingerprint density at radius 3 is 2.54 bits per heavy atom. The highest BCUT2D eigenvalue weighted by Gasteiger charge is 2.19. The first-order valence-electron chi connectivity index (χ1n) is 8.17. The molecule has 0 saturated carbocycles. The average molecular weight is 377 g/mol. The number of rotatable bonds is 9. The van der Waals surface area contributed by atoms with E-state index < -0.39 is 0 Å². The number of aromatic nitrogens is 1. The van der Waals surface area contributed by atoms with E-state index in [9.17, 15) is 9.59 Å². The predicted octanol–water partition coefficient (Wildman–Crippen LogP) is 2.58. The van der Waals surface area contributed by atoms with Crippen LogP contribution in [0, 0.1) is 6.92 Å². The zero-order valence-electron chi connectivity index (χ0n) is 15.2. The van der Waals surface area contributed by atoms with Gasteiger partial charge in [0.2, 0.25) is 5.91 Å². The largest absolute Gasteiger partial charge is 0.497 e. The molecule has 140 valence electrons. The lowest BCUT2D eigenvalue weighted by Crippen LogP contribution is -2.39. The van der Waals surface area contributed by atoms with Gasteiger partial charge < -0.3 is 19.7 Å². The number of nitrogens with zero attached hydrogens (tertiary/aromatic N) is 2. The van der Waals surface area contributed by atoms with Gasteiger partial charge in [-0.05, 0) is 37.6 Å². The molecule has 0 aliphatic carbocycles. The SMILES string of the molecule is COCCCN(CC(=O)Nc1nc(C)cs1)C(=O)c1ccc(OC)cc1. The second-order valence-electron chi connectivity index (χ2n) is 5.64. The van der Waals surface area contributed by atoms with E-state index in [1.54, 1.807) is 38.5 Å². The lowest BCUT2D eigenvalue weighted by Gasteiger charge is -2.22. The maximum absolute atomic E-state index is 12.8. The summed E-state index contributed by atoms with van der Waals surface area (Å²) in [4.78, 5) is 30.8. The molecule has 0 unspecified atom stereocenters. The molecular weight excluding hydrogens is 354 g/mol. The zero-order valence-corrected chi connectivity index (χ0v) is 16.0. The summed E-state index contributed by atoms with van der Waals surface area (Å²) in [5.74, 6) is 0.178. The summed E-state index contributed by atoms with van der Waals surface area (Å²) in [5.41, 5.74) is 1.35. The molecule has 0 atom stereocenters. The van der Waals surface area contributed by atoms with Crippen molar-refractivity contribution in [2.45, 2.75) is 13.3 Å². The zero-order chi connectivity index (χ0) is 18.9. The molecule has 1 N–H and O–H groups in total. The first-order valence-corrected chi connectivity index (χ1v) is 9.05. The molecule has 0 bridgehead atoms. The molecule has 2 rings (SSSR count). The monoisotopic (exact) mass is 377 g/mol. The first-order chi connectivity index (χ1) is 12.5. The Kier molecular flexibility index (Phi) is 7.55. The third-order valence-electron chi connectivity index (χ3n) is 3.60. The highest BCUT2D eigenvalue weighted by Crippen LogP contribution is 2.16. The van der Waals surface area contributed by atoms with Crippen molar-refractivity contribution in [3.05, 3.63) is 40.9 Å². The fourth-order valence-corrected chi connectivity index (χ4v) is 3.02. The number of thiazole rings is 1. The van der Waals surface area contributed by atoms with Crippen LogP contribution in [0.3, 0.4) is 0 Å². The summed E-state index contributed by atoms with van der Waals surface area (Å²) in [5, 5.41) is 5.12. The fraction of sp³-hybridized carbons (Fsp3) is 0.389. The van der Waals surface area contributed by atoms with Crippen LogP contribution >= 0.6 is 11.3 Å². The van der Waals surface area contributed by atoms with Gasteiger partial charge in [0.25, 0.3) is 5.91 Å². The molecule has 2 amide bonds. The van der Waals surface area contributed by atoms with E-state index in [0.717, 1.165) is 5.69 Å². The standard InChI is InChI=1S/C18H23N3O4S/c1-13-12-26-18(19-13)20-16(22)11-21(9-4-10-24-2)17(23)14-5-7-15(25-3)8-6-14/h5-8,12H,4,9-11H2,1-3H3,(H,19,20,22). The number of hydrogen-bond acceptors (Lipinski definition) is 6. The number of amides is 2. The fourth-order valence-electron chi connectivity index (χ4n) is 2.31. The number of anilines is 1. The van der Waals surface area contributed by atoms with Crippen molar-refractivity contribution < 1.29 is 19.1 Å². The van der Waals surface area contributed by atoms with E-state index >= 15 is 0 Å². The third-order valence-corrected chi connectivity index (χ3v) is 4.48. The second kappa shape index (κ2) is 9.88. The van der Waals surface area contributed by atoms with Crippen LogP contribution < -0.4 is 10.1 Å². The molecule has 0 aliphatic rings. The summed E-state index contributed by atoms with van der Waals surface area (Å²) in [7, 11) is 3.17. The number of methoxy groups -OCH3 is 2. The van der Waals surface area contributed by atoms with Gasteiger partial charge in [-0.1, -0.05) is 0 Å². The van der Waals surface area contributed by atoms with Crippen LogP contribution in [0.4, 0.5) is 5.13 Å². The Morgan fingerprint density at radius 2 is 1.96 bits per heavy atom. The summed E-state index contributed by atoms with van der Waals surface area (Å²) in [6, 6.07) is 6.82. The molecule has 1 aromatic heterocycles. The van der Waals surface area contributed by atoms with E-state index in [0.29, 0.717) is 36.0 Å². The van der Waals surface area contributed by atoms with Crippen LogP contribution in [0.15, 0.2) is 29.6 Å². The normalized spacial score (nSPS) is 10.4. The number of ether oxygens (including phenoxy) is 2. The van der Waals surface area contributed by atoms with Crippen molar-refractivity contribution in [2.24, 2.45) is 0 Å². The van der Waals surface area contributed by atoms with Gasteiger partial charge in [0.1, 0.15) is 12.3 Å². The maximum Gasteiger partial charge on any atom is 0.254 e. The van der Waals surface area contributed by atoms with Crippen LogP contribution in [0.2, 0.25) is 0 Å². The molecule has 0 spiro atoms. The van der Waals surface area contributed by atoms with E-state index in [1.807, 2.05) is 12.3 Å². The van der Waals surface area contributed by atoms with Gasteiger partial charge in [-0.2, -0.15) is 0 Å². The second-order valence-corrected chi connectivity index (χ2v) is 6.50. The van der Waals surface area contributed by atoms with Gasteiger partial charge in [0.15, 0.2) is 5.13 Å². The Hall–Kier alpha value is -2.45. The molecule has 0 radical (unpaired) electrons. The molecule has 7 nitrogen and oxygen atoms in total. The van der Waals surface area contributed by atoms with Crippen molar-refractivity contribution in [3.8, 4) is 5.75 Å². The van der Waals surface area contributed by atoms with Gasteiger partial charge in [-0.15, -0.1) is 11.3 Å². The minimum absolute atomic E-state index is 0.0484. The lowest BCUT2D eigenvalue weighted by atomic mass is 10.2. The van der Waals surface area contributed by atoms with Gasteiger partial charge in [-0.3, -0.25) is 9.59 Å². The first kappa shape index (κ1) is 19.9. The van der Waals surface area contributed by atoms with Crippen LogP contribution in [-0.2, 0) is 9.53 Å². The predicted molar refractivity (Wildman–Crippen MR) is 101 cm³/mol. The quantitative estimate of drug-likeness (QED) is 0.680. The van der Waals surface area contributed by atoms with Gasteiger partial charge >= 0.3 is 0 Å². The topological polar surface area (TPSA) is 80.8 Å². The summed E-state index contributed by atoms with van der Waals surface area (Å²) >= 11 is 1.35. The number of carbonyl (C=O) groups excluding carboxylic acids is 2. The number of benzene rings is 1. The maximum atomic E-state index is 12.8. The Labute approximate surface area is 156 Å². The van der Waals surface area contributed by atoms with Crippen LogP contribution in [0.1, 0.15) is 22.5 Å². The minimum Gasteiger partial charge on any atom is -0.497 e. The number of nitrogens with one attached hydrogen (secondary N) is 1. The molecule has 0 saturated heterocycles. The van der Waals surface area contributed by atoms with Gasteiger partial charge in [0.05, 0.1) is 12.8 Å². The summed E-state index contributed by atoms with van der Waals surface area (Å²) < 4.78 is 10.2. The highest BCUT2D eigenvalue weighted by atomic mass is 32.1. The van der Waals surface area contributed by atoms with Crippen LogP contribution in [0.5, 0.6) is 5.75 Å². The molecule has 8 heteroatoms. The molecular formula is C18H23N3O4S.